The van der Waals surface area contributed by atoms with Gasteiger partial charge in [0.25, 0.3) is 0 Å². The van der Waals surface area contributed by atoms with Crippen LogP contribution >= 0.6 is 0 Å². The average Bonchev–Trinajstić information content (AvgIpc) is 2.58. The predicted octanol–water partition coefficient (Wildman–Crippen LogP) is 6.12. The highest BCUT2D eigenvalue weighted by atomic mass is 17.2. The first-order valence-corrected chi connectivity index (χ1v) is 10.3. The zero-order chi connectivity index (χ0) is 22.6. The molecule has 0 aliphatic carbocycles. The van der Waals surface area contributed by atoms with Crippen molar-refractivity contribution < 1.29 is 38.6 Å². The van der Waals surface area contributed by atoms with Gasteiger partial charge in [-0.3, -0.25) is 9.78 Å². The van der Waals surface area contributed by atoms with Crippen LogP contribution in [0.4, 0.5) is 9.59 Å². The lowest BCUT2D eigenvalue weighted by Gasteiger charge is -2.30. The van der Waals surface area contributed by atoms with Crippen LogP contribution in [0.2, 0.25) is 0 Å². The van der Waals surface area contributed by atoms with Crippen LogP contribution in [0.3, 0.4) is 0 Å². The van der Waals surface area contributed by atoms with Crippen molar-refractivity contribution in [2.45, 2.75) is 105 Å². The van der Waals surface area contributed by atoms with Crippen molar-refractivity contribution in [1.82, 2.24) is 0 Å². The van der Waals surface area contributed by atoms with Crippen LogP contribution < -0.4 is 0 Å². The van der Waals surface area contributed by atoms with Crippen LogP contribution in [-0.2, 0) is 29.0 Å². The van der Waals surface area contributed by atoms with E-state index >= 15 is 0 Å². The fraction of sp³-hybridized carbons (Fsp3) is 0.905. The van der Waals surface area contributed by atoms with Gasteiger partial charge in [-0.15, -0.1) is 0 Å². The molecule has 0 fully saturated rings. The molecule has 172 valence electrons. The highest BCUT2D eigenvalue weighted by Crippen LogP contribution is 2.29. The van der Waals surface area contributed by atoms with Crippen molar-refractivity contribution >= 4 is 12.3 Å². The quantitative estimate of drug-likeness (QED) is 0.152. The molecule has 0 saturated carbocycles. The van der Waals surface area contributed by atoms with Crippen LogP contribution in [0.15, 0.2) is 0 Å². The SMILES string of the molecule is CCC(C)(C)OOC(=O)OCCCCCCOC(=O)OOC(C)(C)CC(C)(C)C. The molecule has 0 aromatic heterocycles. The van der Waals surface area contributed by atoms with Gasteiger partial charge in [-0.2, -0.15) is 9.78 Å². The average molecular weight is 421 g/mol. The summed E-state index contributed by atoms with van der Waals surface area (Å²) in [5, 5.41) is 0. The Kier molecular flexibility index (Phi) is 12.2. The fourth-order valence-corrected chi connectivity index (χ4v) is 2.58. The van der Waals surface area contributed by atoms with E-state index in [1.54, 1.807) is 0 Å². The Hall–Kier alpha value is -1.54. The van der Waals surface area contributed by atoms with Crippen molar-refractivity contribution in [2.24, 2.45) is 5.41 Å². The third-order valence-corrected chi connectivity index (χ3v) is 3.96. The lowest BCUT2D eigenvalue weighted by atomic mass is 9.84. The van der Waals surface area contributed by atoms with Gasteiger partial charge < -0.3 is 9.47 Å². The second-order valence-electron chi connectivity index (χ2n) is 9.55. The van der Waals surface area contributed by atoms with E-state index in [-0.39, 0.29) is 18.6 Å². The Morgan fingerprint density at radius 2 is 1.07 bits per heavy atom. The molecule has 29 heavy (non-hydrogen) atoms. The zero-order valence-electron chi connectivity index (χ0n) is 19.4. The number of hydrogen-bond acceptors (Lipinski definition) is 8. The van der Waals surface area contributed by atoms with E-state index in [0.717, 1.165) is 19.3 Å². The topological polar surface area (TPSA) is 89.5 Å². The molecule has 0 saturated heterocycles. The van der Waals surface area contributed by atoms with Crippen LogP contribution in [-0.4, -0.2) is 36.7 Å². The van der Waals surface area contributed by atoms with Gasteiger partial charge in [-0.25, -0.2) is 9.59 Å². The van der Waals surface area contributed by atoms with Crippen LogP contribution in [0, 0.1) is 5.41 Å². The molecule has 0 amide bonds. The van der Waals surface area contributed by atoms with Gasteiger partial charge in [0, 0.05) is 0 Å². The molecule has 0 aliphatic rings. The van der Waals surface area contributed by atoms with Crippen molar-refractivity contribution in [2.75, 3.05) is 13.2 Å². The van der Waals surface area contributed by atoms with Gasteiger partial charge in [-0.1, -0.05) is 27.7 Å². The van der Waals surface area contributed by atoms with Crippen molar-refractivity contribution in [3.05, 3.63) is 0 Å². The van der Waals surface area contributed by atoms with Crippen molar-refractivity contribution in [3.63, 3.8) is 0 Å². The van der Waals surface area contributed by atoms with E-state index in [1.165, 1.54) is 0 Å². The summed E-state index contributed by atoms with van der Waals surface area (Å²) in [4.78, 5) is 42.5. The molecule has 0 atom stereocenters. The lowest BCUT2D eigenvalue weighted by Crippen LogP contribution is -2.31. The van der Waals surface area contributed by atoms with Crippen LogP contribution in [0.5, 0.6) is 0 Å². The molecule has 0 spiro atoms. The summed E-state index contributed by atoms with van der Waals surface area (Å²) in [6.07, 6.45) is 2.76. The maximum atomic E-state index is 11.6. The normalized spacial score (nSPS) is 12.4. The minimum absolute atomic E-state index is 0.0519. The maximum Gasteiger partial charge on any atom is 0.540 e. The molecule has 0 aliphatic heterocycles. The van der Waals surface area contributed by atoms with Gasteiger partial charge in [-0.05, 0) is 71.6 Å². The molecule has 0 aromatic rings. The number of carbonyl (C=O) groups excluding carboxylic acids is 2. The number of rotatable bonds is 13. The minimum atomic E-state index is -0.841. The fourth-order valence-electron chi connectivity index (χ4n) is 2.58. The largest absolute Gasteiger partial charge is 0.540 e. The molecule has 8 heteroatoms. The standard InChI is InChI=1S/C21H40O8/c1-9-20(5,6)28-26-17(22)24-14-12-10-11-13-15-25-18(23)27-29-21(7,8)16-19(2,3)4/h9-16H2,1-8H3. The monoisotopic (exact) mass is 420 g/mol. The Morgan fingerprint density at radius 1 is 0.655 bits per heavy atom. The smallest absolute Gasteiger partial charge is 0.432 e. The molecular weight excluding hydrogens is 380 g/mol. The van der Waals surface area contributed by atoms with E-state index in [4.69, 9.17) is 24.1 Å². The van der Waals surface area contributed by atoms with E-state index < -0.39 is 23.5 Å². The Bertz CT molecular complexity index is 480. The van der Waals surface area contributed by atoms with E-state index in [1.807, 2.05) is 34.6 Å². The second-order valence-corrected chi connectivity index (χ2v) is 9.55. The number of hydrogen-bond donors (Lipinski definition) is 0. The number of carbonyl (C=O) groups is 2. The third-order valence-electron chi connectivity index (χ3n) is 3.96. The second kappa shape index (κ2) is 12.9. The molecule has 0 unspecified atom stereocenters. The van der Waals surface area contributed by atoms with Crippen molar-refractivity contribution in [1.29, 1.82) is 0 Å². The van der Waals surface area contributed by atoms with Crippen LogP contribution in [0.1, 0.15) is 93.9 Å². The summed E-state index contributed by atoms with van der Waals surface area (Å²) < 4.78 is 9.90. The summed E-state index contributed by atoms with van der Waals surface area (Å²) in [5.41, 5.74) is -1.07. The zero-order valence-corrected chi connectivity index (χ0v) is 19.4. The Balaban J connectivity index is 3.65. The van der Waals surface area contributed by atoms with Crippen molar-refractivity contribution in [3.8, 4) is 0 Å². The highest BCUT2D eigenvalue weighted by Gasteiger charge is 2.29. The first-order valence-electron chi connectivity index (χ1n) is 10.3. The van der Waals surface area contributed by atoms with E-state index in [2.05, 4.69) is 25.7 Å². The molecule has 0 N–H and O–H groups in total. The first-order chi connectivity index (χ1) is 13.3. The van der Waals surface area contributed by atoms with E-state index in [9.17, 15) is 9.59 Å². The summed E-state index contributed by atoms with van der Waals surface area (Å²) in [6, 6.07) is 0. The predicted molar refractivity (Wildman–Crippen MR) is 108 cm³/mol. The van der Waals surface area contributed by atoms with Crippen LogP contribution in [0.25, 0.3) is 0 Å². The van der Waals surface area contributed by atoms with E-state index in [0.29, 0.717) is 19.3 Å². The Morgan fingerprint density at radius 3 is 1.45 bits per heavy atom. The molecule has 0 radical (unpaired) electrons. The summed E-state index contributed by atoms with van der Waals surface area (Å²) in [7, 11) is 0. The Labute approximate surface area is 175 Å². The van der Waals surface area contributed by atoms with Gasteiger partial charge in [0.2, 0.25) is 0 Å². The number of unbranched alkanes of at least 4 members (excludes halogenated alkanes) is 3. The summed E-state index contributed by atoms with van der Waals surface area (Å²) in [6.45, 7) is 16.0. The summed E-state index contributed by atoms with van der Waals surface area (Å²) >= 11 is 0. The molecule has 0 rings (SSSR count). The molecule has 0 heterocycles. The summed E-state index contributed by atoms with van der Waals surface area (Å²) in [5.74, 6) is 0. The molecular formula is C21H40O8. The molecule has 0 bridgehead atoms. The highest BCUT2D eigenvalue weighted by molar-refractivity contribution is 5.59. The van der Waals surface area contributed by atoms with Gasteiger partial charge in [0.1, 0.15) is 11.2 Å². The third kappa shape index (κ3) is 17.1. The number of ether oxygens (including phenoxy) is 2. The van der Waals surface area contributed by atoms with Gasteiger partial charge in [0.05, 0.1) is 13.2 Å². The molecule has 8 nitrogen and oxygen atoms in total. The minimum Gasteiger partial charge on any atom is -0.432 e. The molecule has 0 aromatic carbocycles. The first kappa shape index (κ1) is 27.5. The maximum absolute atomic E-state index is 11.6. The lowest BCUT2D eigenvalue weighted by molar-refractivity contribution is -0.322. The van der Waals surface area contributed by atoms with Gasteiger partial charge in [0.15, 0.2) is 0 Å². The van der Waals surface area contributed by atoms with Gasteiger partial charge >= 0.3 is 12.3 Å².